The summed E-state index contributed by atoms with van der Waals surface area (Å²) in [6.07, 6.45) is 1.78. The van der Waals surface area contributed by atoms with Crippen LogP contribution in [0, 0.1) is 5.82 Å². The number of aromatic nitrogens is 2. The molecule has 3 aromatic rings. The lowest BCUT2D eigenvalue weighted by molar-refractivity contribution is -0.113. The van der Waals surface area contributed by atoms with Gasteiger partial charge in [-0.15, -0.1) is 0 Å². The van der Waals surface area contributed by atoms with Crippen LogP contribution in [0.3, 0.4) is 0 Å². The highest BCUT2D eigenvalue weighted by Crippen LogP contribution is 2.20. The lowest BCUT2D eigenvalue weighted by Gasteiger charge is -2.08. The van der Waals surface area contributed by atoms with Gasteiger partial charge < -0.3 is 15.0 Å². The first-order chi connectivity index (χ1) is 12.6. The number of halogens is 1. The van der Waals surface area contributed by atoms with Gasteiger partial charge in [0.25, 0.3) is 0 Å². The summed E-state index contributed by atoms with van der Waals surface area (Å²) in [7, 11) is 0. The zero-order valence-corrected chi connectivity index (χ0v) is 14.7. The van der Waals surface area contributed by atoms with E-state index in [1.807, 2.05) is 34.9 Å². The molecule has 1 amide bonds. The van der Waals surface area contributed by atoms with Gasteiger partial charge in [-0.1, -0.05) is 42.1 Å². The molecule has 7 heteroatoms. The molecule has 0 bridgehead atoms. The van der Waals surface area contributed by atoms with Crippen LogP contribution < -0.4 is 5.32 Å². The zero-order valence-electron chi connectivity index (χ0n) is 13.9. The van der Waals surface area contributed by atoms with Crippen molar-refractivity contribution >= 4 is 23.4 Å². The normalized spacial score (nSPS) is 10.7. The zero-order chi connectivity index (χ0) is 18.4. The molecule has 0 radical (unpaired) electrons. The van der Waals surface area contributed by atoms with Crippen LogP contribution in [0.2, 0.25) is 0 Å². The minimum Gasteiger partial charge on any atom is -0.390 e. The van der Waals surface area contributed by atoms with Crippen molar-refractivity contribution in [1.82, 2.24) is 9.55 Å². The SMILES string of the molecule is O=C(CSc1nc(CO)cn1Cc1ccccc1)Nc1ccc(F)cc1. The summed E-state index contributed by atoms with van der Waals surface area (Å²) in [5.74, 6) is -0.396. The average Bonchev–Trinajstić information content (AvgIpc) is 3.05. The Morgan fingerprint density at radius 3 is 2.58 bits per heavy atom. The van der Waals surface area contributed by atoms with Crippen LogP contribution in [0.5, 0.6) is 0 Å². The molecule has 0 spiro atoms. The lowest BCUT2D eigenvalue weighted by Crippen LogP contribution is -2.14. The molecule has 0 saturated heterocycles. The molecule has 5 nitrogen and oxygen atoms in total. The third kappa shape index (κ3) is 4.93. The van der Waals surface area contributed by atoms with Crippen LogP contribution >= 0.6 is 11.8 Å². The first-order valence-electron chi connectivity index (χ1n) is 8.03. The van der Waals surface area contributed by atoms with Gasteiger partial charge >= 0.3 is 0 Å². The van der Waals surface area contributed by atoms with E-state index in [0.717, 1.165) is 5.56 Å². The third-order valence-corrected chi connectivity index (χ3v) is 4.60. The number of imidazole rings is 1. The number of nitrogens with one attached hydrogen (secondary N) is 1. The van der Waals surface area contributed by atoms with Crippen molar-refractivity contribution in [2.24, 2.45) is 0 Å². The van der Waals surface area contributed by atoms with Crippen molar-refractivity contribution in [3.8, 4) is 0 Å². The largest absolute Gasteiger partial charge is 0.390 e. The fraction of sp³-hybridized carbons (Fsp3) is 0.158. The van der Waals surface area contributed by atoms with Gasteiger partial charge in [-0.2, -0.15) is 0 Å². The molecular formula is C19H18FN3O2S. The lowest BCUT2D eigenvalue weighted by atomic mass is 10.2. The molecule has 0 aliphatic carbocycles. The molecule has 2 aromatic carbocycles. The summed E-state index contributed by atoms with van der Waals surface area (Å²) in [5, 5.41) is 12.7. The predicted octanol–water partition coefficient (Wildman–Crippen LogP) is 3.29. The summed E-state index contributed by atoms with van der Waals surface area (Å²) in [6, 6.07) is 15.5. The van der Waals surface area contributed by atoms with Gasteiger partial charge in [-0.3, -0.25) is 4.79 Å². The van der Waals surface area contributed by atoms with Gasteiger partial charge in [-0.05, 0) is 29.8 Å². The van der Waals surface area contributed by atoms with E-state index in [4.69, 9.17) is 0 Å². The van der Waals surface area contributed by atoms with E-state index in [1.165, 1.54) is 36.0 Å². The van der Waals surface area contributed by atoms with Crippen LogP contribution in [-0.4, -0.2) is 26.3 Å². The van der Waals surface area contributed by atoms with Gasteiger partial charge in [0.05, 0.1) is 18.1 Å². The maximum atomic E-state index is 12.9. The topological polar surface area (TPSA) is 67.1 Å². The van der Waals surface area contributed by atoms with Crippen LogP contribution in [0.1, 0.15) is 11.3 Å². The molecule has 0 atom stereocenters. The maximum Gasteiger partial charge on any atom is 0.234 e. The number of rotatable bonds is 7. The number of nitrogens with zero attached hydrogens (tertiary/aromatic N) is 2. The van der Waals surface area contributed by atoms with E-state index in [9.17, 15) is 14.3 Å². The third-order valence-electron chi connectivity index (χ3n) is 3.61. The molecule has 26 heavy (non-hydrogen) atoms. The molecule has 134 valence electrons. The van der Waals surface area contributed by atoms with Crippen molar-refractivity contribution in [3.05, 3.63) is 77.9 Å². The minimum absolute atomic E-state index is 0.156. The molecule has 1 heterocycles. The van der Waals surface area contributed by atoms with Crippen molar-refractivity contribution in [1.29, 1.82) is 0 Å². The average molecular weight is 371 g/mol. The number of carbonyl (C=O) groups excluding carboxylic acids is 1. The highest BCUT2D eigenvalue weighted by atomic mass is 32.2. The Labute approximate surface area is 154 Å². The Morgan fingerprint density at radius 2 is 1.88 bits per heavy atom. The number of hydrogen-bond acceptors (Lipinski definition) is 4. The summed E-state index contributed by atoms with van der Waals surface area (Å²) in [5.41, 5.74) is 2.20. The number of hydrogen-bond donors (Lipinski definition) is 2. The monoisotopic (exact) mass is 371 g/mol. The minimum atomic E-state index is -0.350. The van der Waals surface area contributed by atoms with Gasteiger partial charge in [0.15, 0.2) is 5.16 Å². The van der Waals surface area contributed by atoms with Crippen molar-refractivity contribution in [2.75, 3.05) is 11.1 Å². The quantitative estimate of drug-likeness (QED) is 0.626. The first kappa shape index (κ1) is 18.2. The Morgan fingerprint density at radius 1 is 1.15 bits per heavy atom. The van der Waals surface area contributed by atoms with Crippen LogP contribution in [0.25, 0.3) is 0 Å². The first-order valence-corrected chi connectivity index (χ1v) is 9.01. The van der Waals surface area contributed by atoms with Gasteiger partial charge in [0.2, 0.25) is 5.91 Å². The summed E-state index contributed by atoms with van der Waals surface area (Å²) >= 11 is 1.29. The van der Waals surface area contributed by atoms with Crippen molar-refractivity contribution in [2.45, 2.75) is 18.3 Å². The maximum absolute atomic E-state index is 12.9. The molecule has 0 saturated carbocycles. The molecule has 0 aliphatic heterocycles. The van der Waals surface area contributed by atoms with Gasteiger partial charge in [0, 0.05) is 18.4 Å². The molecule has 0 fully saturated rings. The van der Waals surface area contributed by atoms with E-state index >= 15 is 0 Å². The Balaban J connectivity index is 1.64. The van der Waals surface area contributed by atoms with E-state index in [0.29, 0.717) is 23.1 Å². The Kier molecular flexibility index (Phi) is 6.04. The Hall–Kier alpha value is -2.64. The van der Waals surface area contributed by atoms with Crippen LogP contribution in [0.4, 0.5) is 10.1 Å². The van der Waals surface area contributed by atoms with E-state index in [-0.39, 0.29) is 24.1 Å². The highest BCUT2D eigenvalue weighted by Gasteiger charge is 2.11. The molecule has 0 unspecified atom stereocenters. The second-order valence-electron chi connectivity index (χ2n) is 5.63. The molecule has 3 rings (SSSR count). The standard InChI is InChI=1S/C19H18FN3O2S/c20-15-6-8-16(9-7-15)21-18(25)13-26-19-22-17(12-24)11-23(19)10-14-4-2-1-3-5-14/h1-9,11,24H,10,12-13H2,(H,21,25). The second kappa shape index (κ2) is 8.64. The summed E-state index contributed by atoms with van der Waals surface area (Å²) in [6.45, 7) is 0.451. The molecule has 1 aromatic heterocycles. The van der Waals surface area contributed by atoms with Crippen molar-refractivity contribution in [3.63, 3.8) is 0 Å². The smallest absolute Gasteiger partial charge is 0.234 e. The number of aliphatic hydroxyl groups is 1. The van der Waals surface area contributed by atoms with Gasteiger partial charge in [-0.25, -0.2) is 9.37 Å². The van der Waals surface area contributed by atoms with Crippen LogP contribution in [-0.2, 0) is 17.9 Å². The number of carbonyl (C=O) groups is 1. The molecule has 0 aliphatic rings. The second-order valence-corrected chi connectivity index (χ2v) is 6.57. The predicted molar refractivity (Wildman–Crippen MR) is 99.4 cm³/mol. The highest BCUT2D eigenvalue weighted by molar-refractivity contribution is 7.99. The van der Waals surface area contributed by atoms with E-state index in [2.05, 4.69) is 10.3 Å². The number of benzene rings is 2. The van der Waals surface area contributed by atoms with Crippen LogP contribution in [0.15, 0.2) is 66.0 Å². The number of anilines is 1. The van der Waals surface area contributed by atoms with E-state index in [1.54, 1.807) is 6.20 Å². The molecular weight excluding hydrogens is 353 g/mol. The summed E-state index contributed by atoms with van der Waals surface area (Å²) < 4.78 is 14.8. The number of thioether (sulfide) groups is 1. The number of amides is 1. The van der Waals surface area contributed by atoms with Gasteiger partial charge in [0.1, 0.15) is 5.82 Å². The van der Waals surface area contributed by atoms with Crippen molar-refractivity contribution < 1.29 is 14.3 Å². The van der Waals surface area contributed by atoms with E-state index < -0.39 is 0 Å². The summed E-state index contributed by atoms with van der Waals surface area (Å²) in [4.78, 5) is 16.5. The fourth-order valence-corrected chi connectivity index (χ4v) is 3.19. The Bertz CT molecular complexity index is 866. The molecule has 2 N–H and O–H groups in total. The fourth-order valence-electron chi connectivity index (χ4n) is 2.40. The number of aliphatic hydroxyl groups excluding tert-OH is 1.